The Hall–Kier alpha value is -4.62. The van der Waals surface area contributed by atoms with Crippen molar-refractivity contribution in [1.29, 1.82) is 5.26 Å². The van der Waals surface area contributed by atoms with Crippen LogP contribution in [0, 0.1) is 23.0 Å². The van der Waals surface area contributed by atoms with Crippen LogP contribution >= 0.6 is 11.3 Å². The minimum absolute atomic E-state index is 0.176. The van der Waals surface area contributed by atoms with Crippen LogP contribution in [0.1, 0.15) is 29.8 Å². The van der Waals surface area contributed by atoms with Gasteiger partial charge in [0.05, 0.1) is 11.6 Å². The first kappa shape index (κ1) is 25.5. The van der Waals surface area contributed by atoms with Crippen molar-refractivity contribution in [3.8, 4) is 28.1 Å². The van der Waals surface area contributed by atoms with Gasteiger partial charge >= 0.3 is 0 Å². The molecule has 0 atom stereocenters. The molecule has 0 saturated carbocycles. The molecule has 0 aliphatic carbocycles. The molecule has 4 aromatic rings. The van der Waals surface area contributed by atoms with Gasteiger partial charge in [0.2, 0.25) is 5.06 Å². The molecule has 0 saturated heterocycles. The molecule has 0 fully saturated rings. The lowest BCUT2D eigenvalue weighted by Gasteiger charge is -2.24. The molecule has 7 nitrogen and oxygen atoms in total. The maximum atomic E-state index is 13.5. The van der Waals surface area contributed by atoms with Gasteiger partial charge in [-0.1, -0.05) is 17.4 Å². The monoisotopic (exact) mass is 518 g/mol. The fourth-order valence-electron chi connectivity index (χ4n) is 3.22. The Kier molecular flexibility index (Phi) is 7.27. The fraction of sp³-hybridized carbons (Fsp3) is 0.111. The molecule has 3 aromatic carbocycles. The number of benzene rings is 3. The molecule has 2 N–H and O–H groups in total. The van der Waals surface area contributed by atoms with Crippen LogP contribution in [0.3, 0.4) is 0 Å². The van der Waals surface area contributed by atoms with Crippen LogP contribution in [0.25, 0.3) is 11.3 Å². The molecule has 0 radical (unpaired) electrons. The van der Waals surface area contributed by atoms with E-state index >= 15 is 0 Å². The van der Waals surface area contributed by atoms with E-state index in [4.69, 9.17) is 10.00 Å². The van der Waals surface area contributed by atoms with Crippen molar-refractivity contribution in [2.75, 3.05) is 5.32 Å². The lowest BCUT2D eigenvalue weighted by Crippen LogP contribution is -2.52. The number of thiazole rings is 1. The molecule has 1 aromatic heterocycles. The highest BCUT2D eigenvalue weighted by atomic mass is 32.1. The third-order valence-electron chi connectivity index (χ3n) is 5.21. The van der Waals surface area contributed by atoms with Crippen LogP contribution in [0.2, 0.25) is 0 Å². The first-order valence-corrected chi connectivity index (χ1v) is 11.8. The van der Waals surface area contributed by atoms with Crippen LogP contribution in [0.15, 0.2) is 72.8 Å². The van der Waals surface area contributed by atoms with E-state index in [-0.39, 0.29) is 10.7 Å². The molecule has 0 aliphatic heterocycles. The number of carbonyl (C=O) groups excluding carboxylic acids is 2. The van der Waals surface area contributed by atoms with Crippen LogP contribution in [0.4, 0.5) is 13.9 Å². The molecule has 37 heavy (non-hydrogen) atoms. The zero-order chi connectivity index (χ0) is 26.6. The van der Waals surface area contributed by atoms with E-state index < -0.39 is 29.0 Å². The van der Waals surface area contributed by atoms with E-state index in [0.717, 1.165) is 11.3 Å². The van der Waals surface area contributed by atoms with Gasteiger partial charge in [0.1, 0.15) is 28.6 Å². The molecule has 2 amide bonds. The number of rotatable bonds is 7. The van der Waals surface area contributed by atoms with Crippen LogP contribution in [-0.2, 0) is 4.79 Å². The Morgan fingerprint density at radius 1 is 1.00 bits per heavy atom. The summed E-state index contributed by atoms with van der Waals surface area (Å²) in [5.41, 5.74) is 0.0989. The number of anilines is 1. The summed E-state index contributed by atoms with van der Waals surface area (Å²) in [6.07, 6.45) is 0. The second-order valence-electron chi connectivity index (χ2n) is 8.44. The lowest BCUT2D eigenvalue weighted by molar-refractivity contribution is -0.120. The zero-order valence-electron chi connectivity index (χ0n) is 19.7. The molecule has 0 unspecified atom stereocenters. The molecular weight excluding hydrogens is 498 g/mol. The number of hydrogen-bond donors (Lipinski definition) is 2. The van der Waals surface area contributed by atoms with E-state index in [0.29, 0.717) is 27.6 Å². The highest BCUT2D eigenvalue weighted by molar-refractivity contribution is 7.18. The van der Waals surface area contributed by atoms with Gasteiger partial charge in [0.15, 0.2) is 5.13 Å². The molecule has 10 heteroatoms. The number of amides is 2. The molecule has 0 bridgehead atoms. The highest BCUT2D eigenvalue weighted by Crippen LogP contribution is 2.40. The summed E-state index contributed by atoms with van der Waals surface area (Å²) in [4.78, 5) is 30.2. The van der Waals surface area contributed by atoms with Crippen LogP contribution in [-0.4, -0.2) is 22.3 Å². The number of halogens is 2. The van der Waals surface area contributed by atoms with E-state index in [1.807, 2.05) is 6.07 Å². The average molecular weight is 519 g/mol. The van der Waals surface area contributed by atoms with Crippen molar-refractivity contribution >= 4 is 28.3 Å². The number of aromatic nitrogens is 1. The van der Waals surface area contributed by atoms with Gasteiger partial charge in [-0.15, -0.1) is 0 Å². The molecule has 0 spiro atoms. The number of nitrogens with one attached hydrogen (secondary N) is 2. The largest absolute Gasteiger partial charge is 0.444 e. The summed E-state index contributed by atoms with van der Waals surface area (Å²) in [5, 5.41) is 14.9. The van der Waals surface area contributed by atoms with Crippen molar-refractivity contribution in [2.24, 2.45) is 0 Å². The minimum atomic E-state index is -1.35. The Balaban J connectivity index is 1.57. The van der Waals surface area contributed by atoms with Crippen LogP contribution < -0.4 is 15.4 Å². The van der Waals surface area contributed by atoms with E-state index in [2.05, 4.69) is 15.6 Å². The molecule has 1 heterocycles. The van der Waals surface area contributed by atoms with Gasteiger partial charge in [-0.2, -0.15) is 5.26 Å². The molecule has 4 rings (SSSR count). The number of ether oxygens (including phenoxy) is 1. The molecule has 186 valence electrons. The molecule has 0 aliphatic rings. The first-order chi connectivity index (χ1) is 17.6. The predicted octanol–water partition coefficient (Wildman–Crippen LogP) is 5.90. The quantitative estimate of drug-likeness (QED) is 0.317. The van der Waals surface area contributed by atoms with Crippen molar-refractivity contribution in [1.82, 2.24) is 10.3 Å². The van der Waals surface area contributed by atoms with Gasteiger partial charge in [-0.25, -0.2) is 13.8 Å². The Bertz CT molecular complexity index is 1490. The number of hydrogen-bond acceptors (Lipinski definition) is 6. The average Bonchev–Trinajstić information content (AvgIpc) is 3.27. The summed E-state index contributed by atoms with van der Waals surface area (Å²) in [5.74, 6) is -1.58. The van der Waals surface area contributed by atoms with E-state index in [1.54, 1.807) is 18.2 Å². The van der Waals surface area contributed by atoms with Crippen molar-refractivity contribution in [2.45, 2.75) is 19.4 Å². The summed E-state index contributed by atoms with van der Waals surface area (Å²) < 4.78 is 32.7. The third-order valence-corrected chi connectivity index (χ3v) is 6.05. The predicted molar refractivity (Wildman–Crippen MR) is 135 cm³/mol. The van der Waals surface area contributed by atoms with Gasteiger partial charge in [0.25, 0.3) is 11.8 Å². The minimum Gasteiger partial charge on any atom is -0.444 e. The maximum absolute atomic E-state index is 13.5. The van der Waals surface area contributed by atoms with Gasteiger partial charge in [-0.3, -0.25) is 14.9 Å². The van der Waals surface area contributed by atoms with Gasteiger partial charge < -0.3 is 10.1 Å². The SMILES string of the molecule is CC(C)(NC(=O)c1cccc(C#N)c1)C(=O)Nc1nc(-c2ccc(F)cc2)c(Oc2ccc(F)cc2)s1. The van der Waals surface area contributed by atoms with Gasteiger partial charge in [0, 0.05) is 11.1 Å². The lowest BCUT2D eigenvalue weighted by atomic mass is 10.0. The number of nitriles is 1. The van der Waals surface area contributed by atoms with E-state index in [1.165, 1.54) is 68.4 Å². The van der Waals surface area contributed by atoms with Gasteiger partial charge in [-0.05, 0) is 80.6 Å². The smallest absolute Gasteiger partial charge is 0.252 e. The summed E-state index contributed by atoms with van der Waals surface area (Å²) in [7, 11) is 0. The Morgan fingerprint density at radius 2 is 1.65 bits per heavy atom. The second kappa shape index (κ2) is 10.6. The van der Waals surface area contributed by atoms with Crippen molar-refractivity contribution < 1.29 is 23.1 Å². The van der Waals surface area contributed by atoms with Crippen molar-refractivity contribution in [3.05, 3.63) is 95.6 Å². The fourth-order valence-corrected chi connectivity index (χ4v) is 4.08. The number of carbonyl (C=O) groups is 2. The van der Waals surface area contributed by atoms with E-state index in [9.17, 15) is 18.4 Å². The summed E-state index contributed by atoms with van der Waals surface area (Å²) in [6.45, 7) is 3.05. The summed E-state index contributed by atoms with van der Waals surface area (Å²) in [6, 6.07) is 19.1. The molecular formula is C27H20F2N4O3S. The normalized spacial score (nSPS) is 10.9. The zero-order valence-corrected chi connectivity index (χ0v) is 20.5. The second-order valence-corrected chi connectivity index (χ2v) is 9.41. The summed E-state index contributed by atoms with van der Waals surface area (Å²) >= 11 is 1.02. The standard InChI is InChI=1S/C27H20F2N4O3S/c1-27(2,33-23(34)18-5-3-4-16(14-18)15-30)25(35)32-26-31-22(17-6-8-19(28)9-7-17)24(37-26)36-21-12-10-20(29)11-13-21/h3-14H,1-2H3,(H,33,34)(H,31,32,35). The Morgan fingerprint density at radius 3 is 2.30 bits per heavy atom. The topological polar surface area (TPSA) is 104 Å². The van der Waals surface area contributed by atoms with Crippen molar-refractivity contribution in [3.63, 3.8) is 0 Å². The number of nitrogens with zero attached hydrogens (tertiary/aromatic N) is 2. The Labute approximate surface area is 215 Å². The first-order valence-electron chi connectivity index (χ1n) is 11.0. The maximum Gasteiger partial charge on any atom is 0.252 e. The van der Waals surface area contributed by atoms with Crippen LogP contribution in [0.5, 0.6) is 10.8 Å². The third kappa shape index (κ3) is 6.15. The highest BCUT2D eigenvalue weighted by Gasteiger charge is 2.31.